The predicted molar refractivity (Wildman–Crippen MR) is 79.5 cm³/mol. The molecule has 0 spiro atoms. The van der Waals surface area contributed by atoms with E-state index in [0.29, 0.717) is 5.19 Å². The first-order valence-electron chi connectivity index (χ1n) is 5.84. The summed E-state index contributed by atoms with van der Waals surface area (Å²) in [5, 5.41) is 2.53. The Morgan fingerprint density at radius 2 is 1.89 bits per heavy atom. The van der Waals surface area contributed by atoms with E-state index in [1.807, 2.05) is 17.5 Å². The Kier molecular flexibility index (Phi) is 4.24. The number of nitrogen functional groups attached to an aromatic ring is 1. The molecule has 0 radical (unpaired) electrons. The molecule has 0 amide bonds. The number of ether oxygens (including phenoxy) is 1. The number of benzene rings is 1. The fraction of sp³-hybridized carbons (Fsp3) is 0.308. The predicted octanol–water partition coefficient (Wildman–Crippen LogP) is 4.40. The third kappa shape index (κ3) is 2.84. The first-order chi connectivity index (χ1) is 8.63. The largest absolute Gasteiger partial charge is 0.431 e. The van der Waals surface area contributed by atoms with Crippen LogP contribution in [-0.2, 0) is 12.8 Å². The van der Waals surface area contributed by atoms with E-state index >= 15 is 0 Å². The van der Waals surface area contributed by atoms with Crippen LogP contribution < -0.4 is 10.5 Å². The summed E-state index contributed by atoms with van der Waals surface area (Å²) in [5.41, 5.74) is 9.23. The summed E-state index contributed by atoms with van der Waals surface area (Å²) in [4.78, 5) is 4.22. The molecule has 0 saturated carbocycles. The minimum atomic E-state index is 0.635. The van der Waals surface area contributed by atoms with Gasteiger partial charge in [0.15, 0.2) is 0 Å². The summed E-state index contributed by atoms with van der Waals surface area (Å²) in [6.07, 6.45) is 1.80. The Bertz CT molecular complexity index is 529. The van der Waals surface area contributed by atoms with Gasteiger partial charge in [0.25, 0.3) is 5.19 Å². The van der Waals surface area contributed by atoms with Crippen LogP contribution in [0.15, 0.2) is 22.1 Å². The second kappa shape index (κ2) is 5.71. The molecule has 2 aromatic rings. The standard InChI is InChI=1S/C13H15BrN2OS/c1-3-8-5-10(6-9(4-2)12(8)15)17-13-16-11(14)7-18-13/h5-7H,3-4,15H2,1-2H3. The lowest BCUT2D eigenvalue weighted by Crippen LogP contribution is -1.99. The monoisotopic (exact) mass is 326 g/mol. The highest BCUT2D eigenvalue weighted by Crippen LogP contribution is 2.31. The molecule has 1 aromatic carbocycles. The van der Waals surface area contributed by atoms with Gasteiger partial charge < -0.3 is 10.5 Å². The first kappa shape index (κ1) is 13.4. The number of thiazole rings is 1. The normalized spacial score (nSPS) is 10.6. The summed E-state index contributed by atoms with van der Waals surface area (Å²) < 4.78 is 6.56. The van der Waals surface area contributed by atoms with Crippen molar-refractivity contribution in [3.05, 3.63) is 33.2 Å². The van der Waals surface area contributed by atoms with Crippen LogP contribution in [0.25, 0.3) is 0 Å². The number of hydrogen-bond acceptors (Lipinski definition) is 4. The maximum absolute atomic E-state index is 6.09. The van der Waals surface area contributed by atoms with Crippen LogP contribution >= 0.6 is 27.3 Å². The molecule has 0 aliphatic heterocycles. The number of anilines is 1. The van der Waals surface area contributed by atoms with E-state index in [1.165, 1.54) is 11.3 Å². The Labute approximate surface area is 119 Å². The Morgan fingerprint density at radius 1 is 1.28 bits per heavy atom. The number of aromatic nitrogens is 1. The average molecular weight is 327 g/mol. The van der Waals surface area contributed by atoms with Crippen LogP contribution in [-0.4, -0.2) is 4.98 Å². The molecule has 1 aromatic heterocycles. The molecule has 3 nitrogen and oxygen atoms in total. The van der Waals surface area contributed by atoms with Gasteiger partial charge in [-0.05, 0) is 52.0 Å². The van der Waals surface area contributed by atoms with Crippen LogP contribution in [0, 0.1) is 0 Å². The van der Waals surface area contributed by atoms with Crippen LogP contribution in [0.2, 0.25) is 0 Å². The Hall–Kier alpha value is -1.07. The van der Waals surface area contributed by atoms with E-state index < -0.39 is 0 Å². The van der Waals surface area contributed by atoms with Crippen molar-refractivity contribution in [3.63, 3.8) is 0 Å². The smallest absolute Gasteiger partial charge is 0.279 e. The zero-order chi connectivity index (χ0) is 13.1. The summed E-state index contributed by atoms with van der Waals surface area (Å²) in [6.45, 7) is 4.18. The molecular formula is C13H15BrN2OS. The molecule has 18 heavy (non-hydrogen) atoms. The van der Waals surface area contributed by atoms with E-state index in [0.717, 1.165) is 40.0 Å². The molecule has 0 saturated heterocycles. The van der Waals surface area contributed by atoms with Gasteiger partial charge in [-0.2, -0.15) is 4.98 Å². The molecule has 0 atom stereocenters. The Balaban J connectivity index is 2.33. The van der Waals surface area contributed by atoms with E-state index in [1.54, 1.807) is 0 Å². The molecule has 0 unspecified atom stereocenters. The summed E-state index contributed by atoms with van der Waals surface area (Å²) >= 11 is 4.78. The molecule has 0 aliphatic carbocycles. The zero-order valence-electron chi connectivity index (χ0n) is 10.4. The van der Waals surface area contributed by atoms with Gasteiger partial charge in [-0.1, -0.05) is 25.2 Å². The lowest BCUT2D eigenvalue weighted by atomic mass is 10.0. The Morgan fingerprint density at radius 3 is 2.33 bits per heavy atom. The number of hydrogen-bond donors (Lipinski definition) is 1. The van der Waals surface area contributed by atoms with Gasteiger partial charge in [-0.15, -0.1) is 0 Å². The molecule has 0 aliphatic rings. The van der Waals surface area contributed by atoms with Crippen LogP contribution in [0.3, 0.4) is 0 Å². The van der Waals surface area contributed by atoms with E-state index in [4.69, 9.17) is 10.5 Å². The van der Waals surface area contributed by atoms with E-state index in [2.05, 4.69) is 34.8 Å². The van der Waals surface area contributed by atoms with Crippen LogP contribution in [0.5, 0.6) is 10.9 Å². The SMILES string of the molecule is CCc1cc(Oc2nc(Br)cs2)cc(CC)c1N. The number of nitrogens with zero attached hydrogens (tertiary/aromatic N) is 1. The van der Waals surface area contributed by atoms with Crippen LogP contribution in [0.4, 0.5) is 5.69 Å². The number of aryl methyl sites for hydroxylation is 2. The molecule has 1 heterocycles. The summed E-state index contributed by atoms with van der Waals surface area (Å²) in [6, 6.07) is 3.98. The van der Waals surface area contributed by atoms with Gasteiger partial charge in [0.1, 0.15) is 10.4 Å². The number of halogens is 1. The second-order valence-electron chi connectivity index (χ2n) is 3.90. The maximum Gasteiger partial charge on any atom is 0.279 e. The lowest BCUT2D eigenvalue weighted by molar-refractivity contribution is 0.477. The minimum absolute atomic E-state index is 0.635. The van der Waals surface area contributed by atoms with Gasteiger partial charge in [-0.25, -0.2) is 0 Å². The van der Waals surface area contributed by atoms with Gasteiger partial charge >= 0.3 is 0 Å². The van der Waals surface area contributed by atoms with Crippen molar-refractivity contribution >= 4 is 33.0 Å². The summed E-state index contributed by atoms with van der Waals surface area (Å²) in [7, 11) is 0. The van der Waals surface area contributed by atoms with E-state index in [9.17, 15) is 0 Å². The molecule has 96 valence electrons. The molecular weight excluding hydrogens is 312 g/mol. The first-order valence-corrected chi connectivity index (χ1v) is 7.51. The van der Waals surface area contributed by atoms with Crippen molar-refractivity contribution in [1.82, 2.24) is 4.98 Å². The van der Waals surface area contributed by atoms with Crippen molar-refractivity contribution in [2.75, 3.05) is 5.73 Å². The average Bonchev–Trinajstić information content (AvgIpc) is 2.76. The lowest BCUT2D eigenvalue weighted by Gasteiger charge is -2.11. The third-order valence-corrected chi connectivity index (χ3v) is 4.17. The van der Waals surface area contributed by atoms with Crippen molar-refractivity contribution in [1.29, 1.82) is 0 Å². The molecule has 2 N–H and O–H groups in total. The topological polar surface area (TPSA) is 48.1 Å². The van der Waals surface area contributed by atoms with Gasteiger partial charge in [0.2, 0.25) is 0 Å². The van der Waals surface area contributed by atoms with Crippen molar-refractivity contribution < 1.29 is 4.74 Å². The zero-order valence-corrected chi connectivity index (χ0v) is 12.8. The molecule has 5 heteroatoms. The van der Waals surface area contributed by atoms with Crippen LogP contribution in [0.1, 0.15) is 25.0 Å². The quantitative estimate of drug-likeness (QED) is 0.847. The second-order valence-corrected chi connectivity index (χ2v) is 5.53. The van der Waals surface area contributed by atoms with Gasteiger partial charge in [-0.3, -0.25) is 0 Å². The van der Waals surface area contributed by atoms with Crippen molar-refractivity contribution in [3.8, 4) is 10.9 Å². The highest BCUT2D eigenvalue weighted by atomic mass is 79.9. The fourth-order valence-electron chi connectivity index (χ4n) is 1.78. The van der Waals surface area contributed by atoms with E-state index in [-0.39, 0.29) is 0 Å². The van der Waals surface area contributed by atoms with Crippen molar-refractivity contribution in [2.45, 2.75) is 26.7 Å². The number of rotatable bonds is 4. The molecule has 0 bridgehead atoms. The summed E-state index contributed by atoms with van der Waals surface area (Å²) in [5.74, 6) is 0.805. The third-order valence-electron chi connectivity index (χ3n) is 2.75. The maximum atomic E-state index is 6.09. The van der Waals surface area contributed by atoms with Gasteiger partial charge in [0, 0.05) is 11.1 Å². The minimum Gasteiger partial charge on any atom is -0.431 e. The molecule has 2 rings (SSSR count). The van der Waals surface area contributed by atoms with Crippen molar-refractivity contribution in [2.24, 2.45) is 0 Å². The number of nitrogens with two attached hydrogens (primary N) is 1. The highest BCUT2D eigenvalue weighted by molar-refractivity contribution is 9.10. The fourth-order valence-corrected chi connectivity index (χ4v) is 2.88. The van der Waals surface area contributed by atoms with Gasteiger partial charge in [0.05, 0.1) is 0 Å². The molecule has 0 fully saturated rings. The highest BCUT2D eigenvalue weighted by Gasteiger charge is 2.09.